The standard InChI is InChI=1S/C15H20N2O5/c1-3-4-9-21-12-7-5-11(6-8-12)14(19)22-10(2)13(18)17-15(16)20/h5-8,10H,3-4,9H2,1-2H3,(H3,16,17,18,20)/t10-/m0/s1. The molecule has 0 fully saturated rings. The van der Waals surface area contributed by atoms with Crippen molar-refractivity contribution in [2.75, 3.05) is 6.61 Å². The number of nitrogens with two attached hydrogens (primary N) is 1. The molecule has 1 aromatic rings. The fourth-order valence-electron chi connectivity index (χ4n) is 1.53. The Labute approximate surface area is 128 Å². The van der Waals surface area contributed by atoms with Gasteiger partial charge in [0.25, 0.3) is 5.91 Å². The molecule has 1 atom stereocenters. The highest BCUT2D eigenvalue weighted by Crippen LogP contribution is 2.14. The first-order valence-corrected chi connectivity index (χ1v) is 6.98. The van der Waals surface area contributed by atoms with Crippen molar-refractivity contribution in [1.82, 2.24) is 5.32 Å². The Morgan fingerprint density at radius 2 is 1.86 bits per heavy atom. The molecule has 0 aliphatic rings. The second-order valence-electron chi connectivity index (χ2n) is 4.63. The molecule has 7 nitrogen and oxygen atoms in total. The molecular formula is C15H20N2O5. The van der Waals surface area contributed by atoms with Crippen LogP contribution in [0.15, 0.2) is 24.3 Å². The fraction of sp³-hybridized carbons (Fsp3) is 0.400. The van der Waals surface area contributed by atoms with E-state index in [1.165, 1.54) is 6.92 Å². The maximum absolute atomic E-state index is 11.9. The van der Waals surface area contributed by atoms with Gasteiger partial charge in [-0.25, -0.2) is 9.59 Å². The van der Waals surface area contributed by atoms with E-state index in [-0.39, 0.29) is 5.56 Å². The second kappa shape index (κ2) is 8.66. The van der Waals surface area contributed by atoms with Crippen LogP contribution in [0.2, 0.25) is 0 Å². The number of urea groups is 1. The molecule has 120 valence electrons. The fourth-order valence-corrected chi connectivity index (χ4v) is 1.53. The summed E-state index contributed by atoms with van der Waals surface area (Å²) in [6.07, 6.45) is 0.867. The van der Waals surface area contributed by atoms with Gasteiger partial charge in [-0.05, 0) is 37.6 Å². The first kappa shape index (κ1) is 17.5. The average Bonchev–Trinajstić information content (AvgIpc) is 2.47. The zero-order valence-corrected chi connectivity index (χ0v) is 12.6. The number of carbonyl (C=O) groups is 3. The van der Waals surface area contributed by atoms with Crippen LogP contribution in [0, 0.1) is 0 Å². The van der Waals surface area contributed by atoms with E-state index in [0.717, 1.165) is 12.8 Å². The van der Waals surface area contributed by atoms with Crippen molar-refractivity contribution in [2.24, 2.45) is 5.73 Å². The molecule has 0 aliphatic carbocycles. The van der Waals surface area contributed by atoms with Gasteiger partial charge in [0.2, 0.25) is 0 Å². The lowest BCUT2D eigenvalue weighted by Crippen LogP contribution is -2.42. The summed E-state index contributed by atoms with van der Waals surface area (Å²) in [4.78, 5) is 33.8. The summed E-state index contributed by atoms with van der Waals surface area (Å²) in [6.45, 7) is 4.03. The van der Waals surface area contributed by atoms with Gasteiger partial charge in [0.05, 0.1) is 12.2 Å². The van der Waals surface area contributed by atoms with E-state index in [0.29, 0.717) is 12.4 Å². The quantitative estimate of drug-likeness (QED) is 0.587. The topological polar surface area (TPSA) is 108 Å². The van der Waals surface area contributed by atoms with Gasteiger partial charge >= 0.3 is 12.0 Å². The van der Waals surface area contributed by atoms with Gasteiger partial charge in [-0.1, -0.05) is 13.3 Å². The second-order valence-corrected chi connectivity index (χ2v) is 4.63. The summed E-state index contributed by atoms with van der Waals surface area (Å²) in [5.41, 5.74) is 5.09. The van der Waals surface area contributed by atoms with E-state index < -0.39 is 24.0 Å². The minimum absolute atomic E-state index is 0.279. The van der Waals surface area contributed by atoms with Crippen molar-refractivity contribution >= 4 is 17.9 Å². The molecule has 0 saturated heterocycles. The van der Waals surface area contributed by atoms with Crippen LogP contribution in [0.25, 0.3) is 0 Å². The third-order valence-corrected chi connectivity index (χ3v) is 2.76. The first-order chi connectivity index (χ1) is 10.4. The van der Waals surface area contributed by atoms with Crippen LogP contribution in [-0.2, 0) is 9.53 Å². The maximum Gasteiger partial charge on any atom is 0.338 e. The van der Waals surface area contributed by atoms with Gasteiger partial charge in [-0.15, -0.1) is 0 Å². The van der Waals surface area contributed by atoms with Crippen LogP contribution in [0.4, 0.5) is 4.79 Å². The monoisotopic (exact) mass is 308 g/mol. The number of unbranched alkanes of at least 4 members (excludes halogenated alkanes) is 1. The number of hydrogen-bond donors (Lipinski definition) is 2. The minimum Gasteiger partial charge on any atom is -0.494 e. The van der Waals surface area contributed by atoms with Crippen molar-refractivity contribution in [3.63, 3.8) is 0 Å². The predicted molar refractivity (Wildman–Crippen MR) is 79.4 cm³/mol. The molecule has 0 bridgehead atoms. The van der Waals surface area contributed by atoms with Gasteiger partial charge in [-0.3, -0.25) is 10.1 Å². The predicted octanol–water partition coefficient (Wildman–Crippen LogP) is 1.61. The summed E-state index contributed by atoms with van der Waals surface area (Å²) >= 11 is 0. The molecule has 22 heavy (non-hydrogen) atoms. The summed E-state index contributed by atoms with van der Waals surface area (Å²) < 4.78 is 10.4. The number of carbonyl (C=O) groups excluding carboxylic acids is 3. The van der Waals surface area contributed by atoms with Crippen LogP contribution >= 0.6 is 0 Å². The molecule has 1 aromatic carbocycles. The Hall–Kier alpha value is -2.57. The number of primary amides is 1. The number of esters is 1. The lowest BCUT2D eigenvalue weighted by Gasteiger charge is -2.12. The lowest BCUT2D eigenvalue weighted by molar-refractivity contribution is -0.127. The number of hydrogen-bond acceptors (Lipinski definition) is 5. The van der Waals surface area contributed by atoms with E-state index in [1.807, 2.05) is 5.32 Å². The Bertz CT molecular complexity index is 527. The molecule has 0 aliphatic heterocycles. The zero-order chi connectivity index (χ0) is 16.5. The molecular weight excluding hydrogens is 288 g/mol. The highest BCUT2D eigenvalue weighted by molar-refractivity contribution is 5.98. The number of amides is 3. The molecule has 0 saturated carbocycles. The normalized spacial score (nSPS) is 11.4. The average molecular weight is 308 g/mol. The van der Waals surface area contributed by atoms with E-state index in [4.69, 9.17) is 15.2 Å². The maximum atomic E-state index is 11.9. The smallest absolute Gasteiger partial charge is 0.338 e. The molecule has 0 unspecified atom stereocenters. The Kier molecular flexibility index (Phi) is 6.88. The van der Waals surface area contributed by atoms with E-state index in [9.17, 15) is 14.4 Å². The molecule has 7 heteroatoms. The third kappa shape index (κ3) is 5.82. The minimum atomic E-state index is -1.12. The number of ether oxygens (including phenoxy) is 2. The highest BCUT2D eigenvalue weighted by atomic mass is 16.5. The zero-order valence-electron chi connectivity index (χ0n) is 12.6. The van der Waals surface area contributed by atoms with Crippen LogP contribution in [0.3, 0.4) is 0 Å². The number of benzene rings is 1. The summed E-state index contributed by atoms with van der Waals surface area (Å²) in [5, 5.41) is 1.84. The van der Waals surface area contributed by atoms with Gasteiger partial charge in [0, 0.05) is 0 Å². The van der Waals surface area contributed by atoms with Crippen molar-refractivity contribution < 1.29 is 23.9 Å². The highest BCUT2D eigenvalue weighted by Gasteiger charge is 2.19. The Morgan fingerprint density at radius 3 is 2.41 bits per heavy atom. The number of rotatable bonds is 7. The van der Waals surface area contributed by atoms with Crippen molar-refractivity contribution in [3.05, 3.63) is 29.8 Å². The lowest BCUT2D eigenvalue weighted by atomic mass is 10.2. The van der Waals surface area contributed by atoms with Gasteiger partial charge < -0.3 is 15.2 Å². The summed E-state index contributed by atoms with van der Waals surface area (Å²) in [6, 6.07) is 5.40. The van der Waals surface area contributed by atoms with Crippen LogP contribution in [0.5, 0.6) is 5.75 Å². The van der Waals surface area contributed by atoms with Gasteiger partial charge in [0.15, 0.2) is 6.10 Å². The van der Waals surface area contributed by atoms with Crippen LogP contribution in [0.1, 0.15) is 37.0 Å². The molecule has 0 heterocycles. The van der Waals surface area contributed by atoms with E-state index in [1.54, 1.807) is 24.3 Å². The third-order valence-electron chi connectivity index (χ3n) is 2.76. The summed E-state index contributed by atoms with van der Waals surface area (Å²) in [5.74, 6) is -0.794. The number of nitrogens with one attached hydrogen (secondary N) is 1. The Morgan fingerprint density at radius 1 is 1.23 bits per heavy atom. The first-order valence-electron chi connectivity index (χ1n) is 6.98. The SMILES string of the molecule is CCCCOc1ccc(C(=O)O[C@@H](C)C(=O)NC(N)=O)cc1. The largest absolute Gasteiger partial charge is 0.494 e. The molecule has 0 aromatic heterocycles. The van der Waals surface area contributed by atoms with Gasteiger partial charge in [-0.2, -0.15) is 0 Å². The molecule has 3 amide bonds. The Balaban J connectivity index is 2.55. The van der Waals surface area contributed by atoms with Crippen molar-refractivity contribution in [3.8, 4) is 5.75 Å². The van der Waals surface area contributed by atoms with Crippen LogP contribution in [-0.4, -0.2) is 30.6 Å². The van der Waals surface area contributed by atoms with E-state index >= 15 is 0 Å². The van der Waals surface area contributed by atoms with Crippen molar-refractivity contribution in [1.29, 1.82) is 0 Å². The molecule has 0 spiro atoms. The van der Waals surface area contributed by atoms with Crippen LogP contribution < -0.4 is 15.8 Å². The molecule has 3 N–H and O–H groups in total. The molecule has 1 rings (SSSR count). The molecule has 0 radical (unpaired) electrons. The van der Waals surface area contributed by atoms with Gasteiger partial charge in [0.1, 0.15) is 5.75 Å². The van der Waals surface area contributed by atoms with E-state index in [2.05, 4.69) is 6.92 Å². The van der Waals surface area contributed by atoms with Crippen molar-refractivity contribution in [2.45, 2.75) is 32.8 Å². The number of imide groups is 1. The summed E-state index contributed by atoms with van der Waals surface area (Å²) in [7, 11) is 0.